The summed E-state index contributed by atoms with van der Waals surface area (Å²) in [6, 6.07) is 12.5. The van der Waals surface area contributed by atoms with E-state index in [1.165, 1.54) is 13.3 Å². The number of halogens is 3. The molecule has 0 aliphatic carbocycles. The summed E-state index contributed by atoms with van der Waals surface area (Å²) in [6.45, 7) is 6.03. The minimum atomic E-state index is -1.18. The first-order chi connectivity index (χ1) is 23.0. The lowest BCUT2D eigenvalue weighted by Crippen LogP contribution is -2.45. The zero-order valence-electron chi connectivity index (χ0n) is 26.6. The Balaban J connectivity index is 1.40. The van der Waals surface area contributed by atoms with E-state index in [9.17, 15) is 14.7 Å². The summed E-state index contributed by atoms with van der Waals surface area (Å²) in [6.07, 6.45) is 0.329. The van der Waals surface area contributed by atoms with Crippen molar-refractivity contribution in [3.63, 3.8) is 0 Å². The minimum Gasteiger partial charge on any atom is -0.490 e. The Kier molecular flexibility index (Phi) is 13.2. The van der Waals surface area contributed by atoms with Crippen LogP contribution in [-0.2, 0) is 16.1 Å². The van der Waals surface area contributed by atoms with E-state index in [0.29, 0.717) is 67.6 Å². The van der Waals surface area contributed by atoms with Gasteiger partial charge in [-0.2, -0.15) is 5.10 Å². The first-order valence-corrected chi connectivity index (χ1v) is 16.3. The van der Waals surface area contributed by atoms with Gasteiger partial charge in [-0.25, -0.2) is 9.59 Å². The van der Waals surface area contributed by atoms with Crippen LogP contribution in [0.1, 0.15) is 43.5 Å². The molecule has 3 aromatic carbocycles. The highest BCUT2D eigenvalue weighted by molar-refractivity contribution is 9.10. The maximum Gasteiger partial charge on any atom is 0.337 e. The smallest absolute Gasteiger partial charge is 0.337 e. The van der Waals surface area contributed by atoms with Crippen molar-refractivity contribution in [3.8, 4) is 23.0 Å². The van der Waals surface area contributed by atoms with E-state index in [4.69, 9.17) is 46.9 Å². The van der Waals surface area contributed by atoms with Crippen molar-refractivity contribution in [3.05, 3.63) is 91.0 Å². The summed E-state index contributed by atoms with van der Waals surface area (Å²) in [4.78, 5) is 24.7. The van der Waals surface area contributed by atoms with Crippen LogP contribution in [0.5, 0.6) is 23.0 Å². The third-order valence-electron chi connectivity index (χ3n) is 6.83. The quantitative estimate of drug-likeness (QED) is 0.0610. The largest absolute Gasteiger partial charge is 0.490 e. The van der Waals surface area contributed by atoms with Crippen molar-refractivity contribution in [2.75, 3.05) is 26.9 Å². The predicted molar refractivity (Wildman–Crippen MR) is 185 cm³/mol. The van der Waals surface area contributed by atoms with Gasteiger partial charge in [0.15, 0.2) is 29.2 Å². The number of nitrogens with one attached hydrogen (secondary N) is 3. The number of carbonyl (C=O) groups excluding carboxylic acids is 2. The molecule has 1 heterocycles. The summed E-state index contributed by atoms with van der Waals surface area (Å²) in [5, 5.41) is 21.0. The second-order valence-electron chi connectivity index (χ2n) is 10.2. The maximum absolute atomic E-state index is 12.5. The molecule has 4 rings (SSSR count). The lowest BCUT2D eigenvalue weighted by Gasteiger charge is -2.28. The number of hydrazone groups is 1. The molecule has 0 fully saturated rings. The number of hydrogen-bond acceptors (Lipinski definition) is 10. The molecular formula is C33H35BrCl2N4O8. The van der Waals surface area contributed by atoms with Crippen molar-refractivity contribution in [2.24, 2.45) is 5.10 Å². The lowest BCUT2D eigenvalue weighted by atomic mass is 9.95. The maximum atomic E-state index is 12.5. The van der Waals surface area contributed by atoms with E-state index in [1.807, 2.05) is 6.92 Å². The van der Waals surface area contributed by atoms with Gasteiger partial charge in [0.05, 0.1) is 42.6 Å². The SMILES string of the molecule is CCOc1cc([C@H]2NC(=O)NC(C)=C2C(=O)OC)ccc1OC[C@H](O)N/N=C\c1cc(Br)c(OCc2ccc(Cl)cc2Cl)c(OCC)c1. The number of nitrogens with zero attached hydrogens (tertiary/aromatic N) is 1. The van der Waals surface area contributed by atoms with E-state index in [1.54, 1.807) is 62.4 Å². The fourth-order valence-electron chi connectivity index (χ4n) is 4.67. The molecule has 0 spiro atoms. The van der Waals surface area contributed by atoms with E-state index in [0.717, 1.165) is 5.56 Å². The number of aliphatic hydroxyl groups is 1. The fourth-order valence-corrected chi connectivity index (χ4v) is 5.71. The van der Waals surface area contributed by atoms with Gasteiger partial charge < -0.3 is 39.4 Å². The topological polar surface area (TPSA) is 149 Å². The third-order valence-corrected chi connectivity index (χ3v) is 8.00. The third kappa shape index (κ3) is 9.47. The van der Waals surface area contributed by atoms with Crippen molar-refractivity contribution in [1.29, 1.82) is 0 Å². The molecule has 2 amide bonds. The van der Waals surface area contributed by atoms with Crippen LogP contribution in [-0.4, -0.2) is 56.5 Å². The first kappa shape index (κ1) is 36.7. The molecule has 3 aromatic rings. The molecule has 12 nitrogen and oxygen atoms in total. The average molecular weight is 766 g/mol. The molecule has 2 atom stereocenters. The standard InChI is InChI=1S/C33H35BrCl2N4O8/c1-5-45-26-13-20(30-29(32(42)44-4)18(3)38-33(43)39-30)8-10-25(26)47-17-28(41)40-37-15-19-11-23(34)31(27(12-19)46-6-2)48-16-21-7-9-22(35)14-24(21)36/h7-15,28,30,40-41H,5-6,16-17H2,1-4H3,(H2,38,39,43)/b37-15-/t28-,30+/m0/s1. The molecule has 0 bridgehead atoms. The fraction of sp³-hybridized carbons (Fsp3) is 0.303. The van der Waals surface area contributed by atoms with E-state index in [-0.39, 0.29) is 18.8 Å². The van der Waals surface area contributed by atoms with Crippen LogP contribution in [0.2, 0.25) is 10.0 Å². The highest BCUT2D eigenvalue weighted by atomic mass is 79.9. The van der Waals surface area contributed by atoms with Gasteiger partial charge in [-0.05, 0) is 84.2 Å². The van der Waals surface area contributed by atoms with E-state index >= 15 is 0 Å². The Morgan fingerprint density at radius 1 is 1.04 bits per heavy atom. The Labute approximate surface area is 296 Å². The number of carbonyl (C=O) groups is 2. The zero-order valence-corrected chi connectivity index (χ0v) is 29.7. The molecule has 4 N–H and O–H groups in total. The lowest BCUT2D eigenvalue weighted by molar-refractivity contribution is -0.136. The zero-order chi connectivity index (χ0) is 34.8. The van der Waals surface area contributed by atoms with Gasteiger partial charge >= 0.3 is 12.0 Å². The van der Waals surface area contributed by atoms with Crippen LogP contribution in [0, 0.1) is 0 Å². The van der Waals surface area contributed by atoms with Crippen LogP contribution in [0.25, 0.3) is 0 Å². The second kappa shape index (κ2) is 17.3. The molecule has 0 saturated heterocycles. The number of aliphatic hydroxyl groups excluding tert-OH is 1. The van der Waals surface area contributed by atoms with Gasteiger partial charge in [0.2, 0.25) is 0 Å². The molecule has 1 aliphatic heterocycles. The molecule has 0 radical (unpaired) electrons. The number of urea groups is 1. The first-order valence-electron chi connectivity index (χ1n) is 14.8. The predicted octanol–water partition coefficient (Wildman–Crippen LogP) is 6.25. The molecule has 256 valence electrons. The number of rotatable bonds is 15. The Hall–Kier alpha value is -4.17. The Morgan fingerprint density at radius 3 is 2.50 bits per heavy atom. The number of hydrogen-bond donors (Lipinski definition) is 4. The van der Waals surface area contributed by atoms with Gasteiger partial charge in [-0.3, -0.25) is 5.43 Å². The molecule has 0 aromatic heterocycles. The van der Waals surface area contributed by atoms with Crippen molar-refractivity contribution < 1.29 is 38.4 Å². The highest BCUT2D eigenvalue weighted by Gasteiger charge is 2.32. The van der Waals surface area contributed by atoms with E-state index < -0.39 is 24.3 Å². The number of methoxy groups -OCH3 is 1. The monoisotopic (exact) mass is 764 g/mol. The molecule has 15 heteroatoms. The highest BCUT2D eigenvalue weighted by Crippen LogP contribution is 2.38. The molecule has 0 saturated carbocycles. The van der Waals surface area contributed by atoms with Crippen molar-refractivity contribution in [2.45, 2.75) is 39.6 Å². The van der Waals surface area contributed by atoms with Crippen LogP contribution in [0.4, 0.5) is 4.79 Å². The number of amides is 2. The van der Waals surface area contributed by atoms with E-state index in [2.05, 4.69) is 37.1 Å². The van der Waals surface area contributed by atoms with Crippen LogP contribution >= 0.6 is 39.1 Å². The van der Waals surface area contributed by atoms with Crippen LogP contribution < -0.4 is 35.0 Å². The van der Waals surface area contributed by atoms with Crippen LogP contribution in [0.3, 0.4) is 0 Å². The molecular weight excluding hydrogens is 731 g/mol. The molecule has 48 heavy (non-hydrogen) atoms. The number of benzene rings is 3. The van der Waals surface area contributed by atoms with Gasteiger partial charge in [-0.15, -0.1) is 0 Å². The summed E-state index contributed by atoms with van der Waals surface area (Å²) in [7, 11) is 1.27. The second-order valence-corrected chi connectivity index (χ2v) is 11.9. The summed E-state index contributed by atoms with van der Waals surface area (Å²) < 4.78 is 29.0. The van der Waals surface area contributed by atoms with Crippen molar-refractivity contribution in [1.82, 2.24) is 16.1 Å². The summed E-state index contributed by atoms with van der Waals surface area (Å²) in [5.74, 6) is 1.10. The average Bonchev–Trinajstić information content (AvgIpc) is 3.04. The van der Waals surface area contributed by atoms with Gasteiger partial charge in [-0.1, -0.05) is 35.3 Å². The number of esters is 1. The number of ether oxygens (including phenoxy) is 5. The molecule has 0 unspecified atom stereocenters. The molecule has 1 aliphatic rings. The summed E-state index contributed by atoms with van der Waals surface area (Å²) >= 11 is 15.8. The van der Waals surface area contributed by atoms with Crippen molar-refractivity contribution >= 4 is 57.3 Å². The Bertz CT molecular complexity index is 1700. The summed E-state index contributed by atoms with van der Waals surface area (Å²) in [5.41, 5.74) is 5.28. The van der Waals surface area contributed by atoms with Gasteiger partial charge in [0, 0.05) is 21.3 Å². The number of allylic oxidation sites excluding steroid dienone is 1. The van der Waals surface area contributed by atoms with Gasteiger partial charge in [0.25, 0.3) is 0 Å². The Morgan fingerprint density at radius 2 is 1.79 bits per heavy atom. The van der Waals surface area contributed by atoms with Crippen LogP contribution in [0.15, 0.2) is 69.4 Å². The van der Waals surface area contributed by atoms with Gasteiger partial charge in [0.1, 0.15) is 13.2 Å². The minimum absolute atomic E-state index is 0.179. The normalized spacial score (nSPS) is 15.0.